The van der Waals surface area contributed by atoms with Gasteiger partial charge in [-0.2, -0.15) is 5.10 Å². The van der Waals surface area contributed by atoms with E-state index < -0.39 is 0 Å². The predicted octanol–water partition coefficient (Wildman–Crippen LogP) is 3.26. The van der Waals surface area contributed by atoms with Gasteiger partial charge in [0.1, 0.15) is 5.52 Å². The molecule has 2 heterocycles. The van der Waals surface area contributed by atoms with Crippen LogP contribution in [-0.4, -0.2) is 20.0 Å². The van der Waals surface area contributed by atoms with Crippen molar-refractivity contribution in [1.29, 1.82) is 0 Å². The zero-order valence-corrected chi connectivity index (χ0v) is 14.1. The molecule has 0 aliphatic heterocycles. The van der Waals surface area contributed by atoms with Gasteiger partial charge in [-0.15, -0.1) is 10.2 Å². The Morgan fingerprint density at radius 3 is 2.28 bits per heavy atom. The van der Waals surface area contributed by atoms with Crippen molar-refractivity contribution in [2.24, 2.45) is 0 Å². The van der Waals surface area contributed by atoms with E-state index in [9.17, 15) is 0 Å². The molecule has 6 nitrogen and oxygen atoms in total. The second kappa shape index (κ2) is 5.59. The summed E-state index contributed by atoms with van der Waals surface area (Å²) in [5.41, 5.74) is 17.9. The van der Waals surface area contributed by atoms with Crippen molar-refractivity contribution in [3.8, 4) is 16.9 Å². The summed E-state index contributed by atoms with van der Waals surface area (Å²) in [5.74, 6) is 0.585. The lowest BCUT2D eigenvalue weighted by molar-refractivity contribution is 0.900. The fourth-order valence-corrected chi connectivity index (χ4v) is 2.95. The summed E-state index contributed by atoms with van der Waals surface area (Å²) in [6.45, 7) is 4.16. The lowest BCUT2D eigenvalue weighted by atomic mass is 10.1. The highest BCUT2D eigenvalue weighted by Crippen LogP contribution is 2.35. The van der Waals surface area contributed by atoms with Gasteiger partial charge in [-0.25, -0.2) is 4.68 Å². The molecule has 0 aliphatic carbocycles. The molecule has 4 rings (SSSR count). The summed E-state index contributed by atoms with van der Waals surface area (Å²) in [6, 6.07) is 16.2. The highest BCUT2D eigenvalue weighted by Gasteiger charge is 2.20. The fourth-order valence-electron chi connectivity index (χ4n) is 2.95. The molecule has 0 aliphatic rings. The Morgan fingerprint density at radius 2 is 1.56 bits per heavy atom. The fraction of sp³-hybridized carbons (Fsp3) is 0.105. The maximum atomic E-state index is 6.13. The number of aryl methyl sites for hydroxylation is 2. The quantitative estimate of drug-likeness (QED) is 0.588. The van der Waals surface area contributed by atoms with Gasteiger partial charge in [-0.05, 0) is 37.1 Å². The maximum absolute atomic E-state index is 6.13. The number of benzene rings is 2. The Labute approximate surface area is 145 Å². The number of aromatic nitrogens is 4. The first-order valence-electron chi connectivity index (χ1n) is 7.99. The second-order valence-corrected chi connectivity index (χ2v) is 6.09. The standard InChI is InChI=1S/C19H18N6/c1-11-8-9-14(10-12(11)2)25-17(13-6-4-3-5-7-13)15-16(24-25)19(21)23-22-18(15)20/h3-10H,1-2H3,(H2,20,22)(H2,21,23). The van der Waals surface area contributed by atoms with E-state index in [0.29, 0.717) is 11.3 Å². The van der Waals surface area contributed by atoms with E-state index in [-0.39, 0.29) is 5.82 Å². The predicted molar refractivity (Wildman–Crippen MR) is 100 cm³/mol. The van der Waals surface area contributed by atoms with Gasteiger partial charge in [0.25, 0.3) is 0 Å². The van der Waals surface area contributed by atoms with Crippen molar-refractivity contribution in [2.45, 2.75) is 13.8 Å². The molecule has 0 amide bonds. The molecule has 2 aromatic heterocycles. The van der Waals surface area contributed by atoms with Crippen LogP contribution in [0.1, 0.15) is 11.1 Å². The Morgan fingerprint density at radius 1 is 0.840 bits per heavy atom. The summed E-state index contributed by atoms with van der Waals surface area (Å²) in [7, 11) is 0. The third kappa shape index (κ3) is 2.39. The average Bonchev–Trinajstić information content (AvgIpc) is 3.03. The molecule has 124 valence electrons. The Bertz CT molecular complexity index is 1080. The molecule has 4 aromatic rings. The minimum absolute atomic E-state index is 0.268. The first kappa shape index (κ1) is 15.1. The normalized spacial score (nSPS) is 11.1. The third-order valence-corrected chi connectivity index (χ3v) is 4.43. The molecule has 0 spiro atoms. The van der Waals surface area contributed by atoms with Gasteiger partial charge in [0.2, 0.25) is 0 Å². The van der Waals surface area contributed by atoms with Crippen LogP contribution in [0, 0.1) is 13.8 Å². The van der Waals surface area contributed by atoms with Crippen molar-refractivity contribution in [2.75, 3.05) is 11.5 Å². The van der Waals surface area contributed by atoms with E-state index in [0.717, 1.165) is 22.3 Å². The van der Waals surface area contributed by atoms with Crippen LogP contribution >= 0.6 is 0 Å². The average molecular weight is 330 g/mol. The largest absolute Gasteiger partial charge is 0.382 e. The number of hydrogen-bond acceptors (Lipinski definition) is 5. The number of rotatable bonds is 2. The van der Waals surface area contributed by atoms with Gasteiger partial charge in [-0.1, -0.05) is 36.4 Å². The molecule has 0 saturated carbocycles. The number of fused-ring (bicyclic) bond motifs is 1. The Balaban J connectivity index is 2.12. The molecule has 0 atom stereocenters. The van der Waals surface area contributed by atoms with Crippen molar-refractivity contribution < 1.29 is 0 Å². The van der Waals surface area contributed by atoms with Crippen LogP contribution in [0.5, 0.6) is 0 Å². The van der Waals surface area contributed by atoms with Crippen molar-refractivity contribution >= 4 is 22.5 Å². The molecule has 6 heteroatoms. The molecule has 0 saturated heterocycles. The van der Waals surface area contributed by atoms with Gasteiger partial charge in [0.05, 0.1) is 16.8 Å². The van der Waals surface area contributed by atoms with Gasteiger partial charge >= 0.3 is 0 Å². The minimum Gasteiger partial charge on any atom is -0.382 e. The molecule has 2 aromatic carbocycles. The zero-order chi connectivity index (χ0) is 17.6. The first-order valence-corrected chi connectivity index (χ1v) is 7.99. The van der Waals surface area contributed by atoms with Crippen LogP contribution in [-0.2, 0) is 0 Å². The first-order chi connectivity index (χ1) is 12.1. The topological polar surface area (TPSA) is 95.6 Å². The molecule has 25 heavy (non-hydrogen) atoms. The molecule has 0 radical (unpaired) electrons. The van der Waals surface area contributed by atoms with E-state index in [4.69, 9.17) is 16.6 Å². The Hall–Kier alpha value is -3.41. The summed E-state index contributed by atoms with van der Waals surface area (Å²) < 4.78 is 1.86. The van der Waals surface area contributed by atoms with E-state index in [1.54, 1.807) is 0 Å². The van der Waals surface area contributed by atoms with E-state index >= 15 is 0 Å². The van der Waals surface area contributed by atoms with Gasteiger partial charge < -0.3 is 11.5 Å². The molecule has 0 bridgehead atoms. The van der Waals surface area contributed by atoms with Crippen LogP contribution in [0.4, 0.5) is 11.6 Å². The summed E-state index contributed by atoms with van der Waals surface area (Å²) >= 11 is 0. The van der Waals surface area contributed by atoms with E-state index in [2.05, 4.69) is 36.2 Å². The van der Waals surface area contributed by atoms with Crippen molar-refractivity contribution in [3.63, 3.8) is 0 Å². The molecular formula is C19H18N6. The van der Waals surface area contributed by atoms with E-state index in [1.807, 2.05) is 41.1 Å². The van der Waals surface area contributed by atoms with Crippen LogP contribution in [0.15, 0.2) is 48.5 Å². The highest BCUT2D eigenvalue weighted by molar-refractivity contribution is 6.04. The summed E-state index contributed by atoms with van der Waals surface area (Å²) in [4.78, 5) is 0. The molecule has 4 N–H and O–H groups in total. The number of nitrogens with two attached hydrogens (primary N) is 2. The highest BCUT2D eigenvalue weighted by atomic mass is 15.3. The van der Waals surface area contributed by atoms with Crippen LogP contribution in [0.2, 0.25) is 0 Å². The van der Waals surface area contributed by atoms with Crippen molar-refractivity contribution in [1.82, 2.24) is 20.0 Å². The summed E-state index contributed by atoms with van der Waals surface area (Å²) in [5, 5.41) is 13.3. The second-order valence-electron chi connectivity index (χ2n) is 6.09. The van der Waals surface area contributed by atoms with Crippen molar-refractivity contribution in [3.05, 3.63) is 59.7 Å². The number of hydrogen-bond donors (Lipinski definition) is 2. The zero-order valence-electron chi connectivity index (χ0n) is 14.1. The van der Waals surface area contributed by atoms with Gasteiger partial charge in [0.15, 0.2) is 11.6 Å². The lowest BCUT2D eigenvalue weighted by Gasteiger charge is -2.10. The monoisotopic (exact) mass is 330 g/mol. The lowest BCUT2D eigenvalue weighted by Crippen LogP contribution is -2.00. The smallest absolute Gasteiger partial charge is 0.174 e. The Kier molecular flexibility index (Phi) is 3.39. The molecule has 0 unspecified atom stereocenters. The van der Waals surface area contributed by atoms with Crippen LogP contribution in [0.25, 0.3) is 27.8 Å². The number of nitrogens with zero attached hydrogens (tertiary/aromatic N) is 4. The molecular weight excluding hydrogens is 312 g/mol. The molecule has 0 fully saturated rings. The SMILES string of the molecule is Cc1ccc(-n2nc3c(N)nnc(N)c3c2-c2ccccc2)cc1C. The number of anilines is 2. The van der Waals surface area contributed by atoms with Gasteiger partial charge in [-0.3, -0.25) is 0 Å². The number of nitrogen functional groups attached to an aromatic ring is 2. The maximum Gasteiger partial charge on any atom is 0.174 e. The third-order valence-electron chi connectivity index (χ3n) is 4.43. The van der Waals surface area contributed by atoms with Crippen LogP contribution < -0.4 is 11.5 Å². The van der Waals surface area contributed by atoms with Gasteiger partial charge in [0, 0.05) is 5.56 Å². The van der Waals surface area contributed by atoms with E-state index in [1.165, 1.54) is 11.1 Å². The minimum atomic E-state index is 0.268. The van der Waals surface area contributed by atoms with Crippen LogP contribution in [0.3, 0.4) is 0 Å². The summed E-state index contributed by atoms with van der Waals surface area (Å²) in [6.07, 6.45) is 0.